The van der Waals surface area contributed by atoms with Crippen LogP contribution in [0.1, 0.15) is 28.5 Å². The fraction of sp³-hybridized carbons (Fsp3) is 0.333. The van der Waals surface area contributed by atoms with Crippen LogP contribution in [0.15, 0.2) is 24.8 Å². The lowest BCUT2D eigenvalue weighted by Crippen LogP contribution is -2.22. The molecule has 1 atom stereocenters. The molecule has 1 amide bonds. The number of aromatic nitrogens is 5. The van der Waals surface area contributed by atoms with E-state index in [0.717, 1.165) is 42.1 Å². The van der Waals surface area contributed by atoms with Crippen LogP contribution in [-0.4, -0.2) is 43.7 Å². The van der Waals surface area contributed by atoms with Crippen LogP contribution in [0.4, 0.5) is 5.82 Å². The fourth-order valence-corrected chi connectivity index (χ4v) is 3.11. The standard InChI is InChI=1S/C15H17N7O/c1-9-4-12-13(20-9)15(18-8-17-12)21-3-2-11(7-21)22-6-10(5-19-22)14(16)23/h4-6,8,11,20H,2-3,7H2,1H3,(H2,16,23). The maximum Gasteiger partial charge on any atom is 0.251 e. The van der Waals surface area contributed by atoms with E-state index in [9.17, 15) is 4.79 Å². The number of carbonyl (C=O) groups is 1. The second-order valence-electron chi connectivity index (χ2n) is 5.87. The third-order valence-corrected chi connectivity index (χ3v) is 4.26. The zero-order chi connectivity index (χ0) is 16.0. The first-order chi connectivity index (χ1) is 11.1. The largest absolute Gasteiger partial charge is 0.366 e. The van der Waals surface area contributed by atoms with Gasteiger partial charge in [0.05, 0.1) is 23.3 Å². The smallest absolute Gasteiger partial charge is 0.251 e. The Morgan fingerprint density at radius 1 is 1.43 bits per heavy atom. The molecule has 0 radical (unpaired) electrons. The maximum absolute atomic E-state index is 11.2. The van der Waals surface area contributed by atoms with Gasteiger partial charge in [0.2, 0.25) is 0 Å². The van der Waals surface area contributed by atoms with Gasteiger partial charge >= 0.3 is 0 Å². The van der Waals surface area contributed by atoms with Crippen LogP contribution in [0.2, 0.25) is 0 Å². The van der Waals surface area contributed by atoms with Gasteiger partial charge in [-0.1, -0.05) is 0 Å². The fourth-order valence-electron chi connectivity index (χ4n) is 3.11. The minimum absolute atomic E-state index is 0.198. The van der Waals surface area contributed by atoms with Crippen molar-refractivity contribution < 1.29 is 4.79 Å². The molecule has 0 aromatic carbocycles. The molecule has 0 saturated carbocycles. The Morgan fingerprint density at radius 2 is 2.30 bits per heavy atom. The molecule has 1 saturated heterocycles. The van der Waals surface area contributed by atoms with Crippen LogP contribution < -0.4 is 10.6 Å². The molecule has 4 rings (SSSR count). The van der Waals surface area contributed by atoms with Crippen molar-refractivity contribution in [3.05, 3.63) is 36.0 Å². The van der Waals surface area contributed by atoms with Gasteiger partial charge in [0.25, 0.3) is 5.91 Å². The van der Waals surface area contributed by atoms with Gasteiger partial charge in [-0.2, -0.15) is 5.10 Å². The summed E-state index contributed by atoms with van der Waals surface area (Å²) in [5.41, 5.74) is 8.67. The minimum atomic E-state index is -0.453. The van der Waals surface area contributed by atoms with Gasteiger partial charge < -0.3 is 15.6 Å². The Kier molecular flexibility index (Phi) is 3.03. The van der Waals surface area contributed by atoms with Crippen LogP contribution in [0.5, 0.6) is 0 Å². The molecule has 4 heterocycles. The summed E-state index contributed by atoms with van der Waals surface area (Å²) in [6.45, 7) is 3.66. The van der Waals surface area contributed by atoms with Gasteiger partial charge in [-0.05, 0) is 19.4 Å². The average molecular weight is 311 g/mol. The molecular formula is C15H17N7O. The van der Waals surface area contributed by atoms with Crippen molar-refractivity contribution in [1.29, 1.82) is 0 Å². The second-order valence-corrected chi connectivity index (χ2v) is 5.87. The number of amides is 1. The molecule has 0 bridgehead atoms. The molecule has 0 spiro atoms. The number of carbonyl (C=O) groups excluding carboxylic acids is 1. The van der Waals surface area contributed by atoms with E-state index < -0.39 is 5.91 Å². The van der Waals surface area contributed by atoms with Crippen molar-refractivity contribution in [2.24, 2.45) is 5.73 Å². The van der Waals surface area contributed by atoms with Gasteiger partial charge in [0, 0.05) is 25.0 Å². The van der Waals surface area contributed by atoms with Gasteiger partial charge in [0.1, 0.15) is 11.8 Å². The van der Waals surface area contributed by atoms with Crippen LogP contribution >= 0.6 is 0 Å². The molecule has 3 N–H and O–H groups in total. The number of hydrogen-bond acceptors (Lipinski definition) is 5. The first-order valence-electron chi connectivity index (χ1n) is 7.51. The molecule has 1 unspecified atom stereocenters. The number of primary amides is 1. The van der Waals surface area contributed by atoms with E-state index in [2.05, 4.69) is 25.0 Å². The Balaban J connectivity index is 1.60. The normalized spacial score (nSPS) is 18.0. The molecule has 1 aliphatic heterocycles. The highest BCUT2D eigenvalue weighted by Crippen LogP contribution is 2.29. The number of aryl methyl sites for hydroxylation is 1. The monoisotopic (exact) mass is 311 g/mol. The Hall–Kier alpha value is -2.90. The SMILES string of the molecule is Cc1cc2ncnc(N3CCC(n4cc(C(N)=O)cn4)C3)c2[nH]1. The second kappa shape index (κ2) is 5.08. The van der Waals surface area contributed by atoms with Crippen molar-refractivity contribution >= 4 is 22.8 Å². The number of nitrogens with two attached hydrogens (primary N) is 1. The van der Waals surface area contributed by atoms with Crippen molar-refractivity contribution in [3.8, 4) is 0 Å². The van der Waals surface area contributed by atoms with E-state index in [-0.39, 0.29) is 6.04 Å². The number of rotatable bonds is 3. The maximum atomic E-state index is 11.2. The van der Waals surface area contributed by atoms with E-state index in [0.29, 0.717) is 5.56 Å². The predicted molar refractivity (Wildman–Crippen MR) is 85.2 cm³/mol. The topological polar surface area (TPSA) is 106 Å². The van der Waals surface area contributed by atoms with E-state index in [1.165, 1.54) is 6.20 Å². The van der Waals surface area contributed by atoms with Crippen molar-refractivity contribution in [3.63, 3.8) is 0 Å². The lowest BCUT2D eigenvalue weighted by Gasteiger charge is -2.18. The molecule has 3 aromatic rings. The summed E-state index contributed by atoms with van der Waals surface area (Å²) in [7, 11) is 0. The first kappa shape index (κ1) is 13.7. The first-order valence-corrected chi connectivity index (χ1v) is 7.51. The molecule has 1 aliphatic rings. The molecule has 8 nitrogen and oxygen atoms in total. The van der Waals surface area contributed by atoms with E-state index in [4.69, 9.17) is 5.73 Å². The van der Waals surface area contributed by atoms with Crippen LogP contribution in [-0.2, 0) is 0 Å². The minimum Gasteiger partial charge on any atom is -0.366 e. The van der Waals surface area contributed by atoms with Crippen LogP contribution in [0.3, 0.4) is 0 Å². The number of fused-ring (bicyclic) bond motifs is 1. The molecule has 0 aliphatic carbocycles. The summed E-state index contributed by atoms with van der Waals surface area (Å²) in [6.07, 6.45) is 5.76. The number of aromatic amines is 1. The van der Waals surface area contributed by atoms with Crippen molar-refractivity contribution in [2.75, 3.05) is 18.0 Å². The highest BCUT2D eigenvalue weighted by atomic mass is 16.1. The quantitative estimate of drug-likeness (QED) is 0.751. The highest BCUT2D eigenvalue weighted by molar-refractivity contribution is 5.92. The molecule has 118 valence electrons. The molecule has 3 aromatic heterocycles. The van der Waals surface area contributed by atoms with Gasteiger partial charge in [-0.25, -0.2) is 9.97 Å². The Bertz CT molecular complexity index is 881. The zero-order valence-electron chi connectivity index (χ0n) is 12.7. The summed E-state index contributed by atoms with van der Waals surface area (Å²) in [6, 6.07) is 2.21. The summed E-state index contributed by atoms with van der Waals surface area (Å²) in [5, 5.41) is 4.26. The highest BCUT2D eigenvalue weighted by Gasteiger charge is 2.27. The number of anilines is 1. The number of nitrogens with zero attached hydrogens (tertiary/aromatic N) is 5. The molecular weight excluding hydrogens is 294 g/mol. The van der Waals surface area contributed by atoms with Crippen molar-refractivity contribution in [2.45, 2.75) is 19.4 Å². The summed E-state index contributed by atoms with van der Waals surface area (Å²) < 4.78 is 1.82. The zero-order valence-corrected chi connectivity index (χ0v) is 12.7. The lowest BCUT2D eigenvalue weighted by atomic mass is 10.2. The van der Waals surface area contributed by atoms with Crippen LogP contribution in [0, 0.1) is 6.92 Å². The molecule has 8 heteroatoms. The predicted octanol–water partition coefficient (Wildman–Crippen LogP) is 1.01. The van der Waals surface area contributed by atoms with E-state index in [1.807, 2.05) is 17.7 Å². The van der Waals surface area contributed by atoms with E-state index >= 15 is 0 Å². The summed E-state index contributed by atoms with van der Waals surface area (Å²) in [5.74, 6) is 0.457. The third-order valence-electron chi connectivity index (χ3n) is 4.26. The lowest BCUT2D eigenvalue weighted by molar-refractivity contribution is 0.1000. The van der Waals surface area contributed by atoms with Gasteiger partial charge in [0.15, 0.2) is 5.82 Å². The summed E-state index contributed by atoms with van der Waals surface area (Å²) >= 11 is 0. The number of hydrogen-bond donors (Lipinski definition) is 2. The van der Waals surface area contributed by atoms with Crippen molar-refractivity contribution in [1.82, 2.24) is 24.7 Å². The molecule has 1 fully saturated rings. The Labute approximate surface area is 132 Å². The van der Waals surface area contributed by atoms with Gasteiger partial charge in [-0.15, -0.1) is 0 Å². The summed E-state index contributed by atoms with van der Waals surface area (Å²) in [4.78, 5) is 25.5. The molecule has 23 heavy (non-hydrogen) atoms. The average Bonchev–Trinajstić information content (AvgIpc) is 3.24. The Morgan fingerprint density at radius 3 is 3.09 bits per heavy atom. The number of nitrogens with one attached hydrogen (secondary N) is 1. The van der Waals surface area contributed by atoms with E-state index in [1.54, 1.807) is 12.5 Å². The van der Waals surface area contributed by atoms with Crippen LogP contribution in [0.25, 0.3) is 11.0 Å². The third kappa shape index (κ3) is 2.32. The number of H-pyrrole nitrogens is 1. The van der Waals surface area contributed by atoms with Gasteiger partial charge in [-0.3, -0.25) is 9.48 Å².